The van der Waals surface area contributed by atoms with Crippen LogP contribution in [0.5, 0.6) is 0 Å². The molecule has 0 aromatic heterocycles. The first-order valence-electron chi connectivity index (χ1n) is 4.58. The average Bonchev–Trinajstić information content (AvgIpc) is 2.15. The largest absolute Gasteiger partial charge is 0.344 e. The van der Waals surface area contributed by atoms with E-state index in [0.29, 0.717) is 0 Å². The zero-order valence-electron chi connectivity index (χ0n) is 9.16. The summed E-state index contributed by atoms with van der Waals surface area (Å²) in [5.41, 5.74) is 2.59. The summed E-state index contributed by atoms with van der Waals surface area (Å²) < 4.78 is 0. The van der Waals surface area contributed by atoms with Gasteiger partial charge in [0.2, 0.25) is 0 Å². The zero-order valence-corrected chi connectivity index (χ0v) is 9.16. The van der Waals surface area contributed by atoms with Gasteiger partial charge in [-0.15, -0.1) is 0 Å². The third kappa shape index (κ3) is 4.21. The lowest BCUT2D eigenvalue weighted by atomic mass is 10.1. The summed E-state index contributed by atoms with van der Waals surface area (Å²) in [4.78, 5) is 2.20. The van der Waals surface area contributed by atoms with E-state index in [0.717, 1.165) is 13.0 Å². The molecule has 0 saturated heterocycles. The maximum absolute atomic E-state index is 3.76. The van der Waals surface area contributed by atoms with Gasteiger partial charge in [0.1, 0.15) is 0 Å². The Morgan fingerprint density at radius 3 is 2.64 bits per heavy atom. The molecular weight excluding hydrogens is 172 g/mol. The smallest absolute Gasteiger partial charge is 0.00157 e. The minimum Gasteiger partial charge on any atom is -0.344 e. The fourth-order valence-electron chi connectivity index (χ4n) is 1.23. The SMILES string of the molecule is C=Cc1cccc(CCN(C)C)c1.N. The van der Waals surface area contributed by atoms with Crippen molar-refractivity contribution in [3.63, 3.8) is 0 Å². The normalized spacial score (nSPS) is 9.64. The Morgan fingerprint density at radius 1 is 1.36 bits per heavy atom. The van der Waals surface area contributed by atoms with Gasteiger partial charge in [0.25, 0.3) is 0 Å². The van der Waals surface area contributed by atoms with Crippen LogP contribution in [0.4, 0.5) is 0 Å². The Hall–Kier alpha value is -1.12. The standard InChI is InChI=1S/C12H17N.H3N/c1-4-11-6-5-7-12(10-11)8-9-13(2)3;/h4-7,10H,1,8-9H2,2-3H3;1H3. The predicted octanol–water partition coefficient (Wildman–Crippen LogP) is 2.60. The van der Waals surface area contributed by atoms with Gasteiger partial charge in [-0.25, -0.2) is 0 Å². The van der Waals surface area contributed by atoms with Crippen LogP contribution < -0.4 is 6.15 Å². The lowest BCUT2D eigenvalue weighted by Gasteiger charge is -2.09. The van der Waals surface area contributed by atoms with Crippen molar-refractivity contribution in [3.8, 4) is 0 Å². The molecule has 0 unspecified atom stereocenters. The quantitative estimate of drug-likeness (QED) is 0.796. The second kappa shape index (κ2) is 6.35. The molecule has 0 bridgehead atoms. The Kier molecular flexibility index (Phi) is 5.84. The number of likely N-dealkylation sites (N-methyl/N-ethyl adjacent to an activating group) is 1. The van der Waals surface area contributed by atoms with Gasteiger partial charge in [0, 0.05) is 6.54 Å². The van der Waals surface area contributed by atoms with E-state index in [1.165, 1.54) is 11.1 Å². The molecule has 2 nitrogen and oxygen atoms in total. The highest BCUT2D eigenvalue weighted by molar-refractivity contribution is 5.47. The van der Waals surface area contributed by atoms with Crippen LogP contribution in [0.1, 0.15) is 11.1 Å². The molecule has 0 aliphatic heterocycles. The highest BCUT2D eigenvalue weighted by Crippen LogP contribution is 2.07. The second-order valence-corrected chi connectivity index (χ2v) is 3.50. The third-order valence-electron chi connectivity index (χ3n) is 2.03. The number of nitrogens with zero attached hydrogens (tertiary/aromatic N) is 1. The van der Waals surface area contributed by atoms with Crippen LogP contribution in [0.3, 0.4) is 0 Å². The molecule has 0 aliphatic carbocycles. The van der Waals surface area contributed by atoms with Gasteiger partial charge in [0.15, 0.2) is 0 Å². The molecule has 0 radical (unpaired) electrons. The Bertz CT molecular complexity index is 279. The molecule has 0 atom stereocenters. The molecule has 0 saturated carbocycles. The van der Waals surface area contributed by atoms with E-state index in [2.05, 4.69) is 49.8 Å². The van der Waals surface area contributed by atoms with Crippen molar-refractivity contribution in [1.82, 2.24) is 11.1 Å². The van der Waals surface area contributed by atoms with Gasteiger partial charge in [0.05, 0.1) is 0 Å². The summed E-state index contributed by atoms with van der Waals surface area (Å²) in [5, 5.41) is 0. The van der Waals surface area contributed by atoms with E-state index in [4.69, 9.17) is 0 Å². The number of benzene rings is 1. The summed E-state index contributed by atoms with van der Waals surface area (Å²) in [5.74, 6) is 0. The van der Waals surface area contributed by atoms with Crippen LogP contribution in [-0.2, 0) is 6.42 Å². The Labute approximate surface area is 86.8 Å². The fraction of sp³-hybridized carbons (Fsp3) is 0.333. The summed E-state index contributed by atoms with van der Waals surface area (Å²) in [6, 6.07) is 8.52. The average molecular weight is 192 g/mol. The molecule has 0 spiro atoms. The van der Waals surface area contributed by atoms with Crippen LogP contribution >= 0.6 is 0 Å². The molecule has 0 heterocycles. The maximum Gasteiger partial charge on any atom is 0.00157 e. The monoisotopic (exact) mass is 192 g/mol. The molecule has 0 fully saturated rings. The molecule has 3 N–H and O–H groups in total. The van der Waals surface area contributed by atoms with Crippen LogP contribution in [0.25, 0.3) is 6.08 Å². The van der Waals surface area contributed by atoms with Crippen LogP contribution in [0, 0.1) is 0 Å². The van der Waals surface area contributed by atoms with Crippen LogP contribution in [0.2, 0.25) is 0 Å². The molecule has 0 amide bonds. The molecule has 1 aromatic carbocycles. The van der Waals surface area contributed by atoms with Crippen LogP contribution in [0.15, 0.2) is 30.8 Å². The summed E-state index contributed by atoms with van der Waals surface area (Å²) in [7, 11) is 4.19. The van der Waals surface area contributed by atoms with E-state index in [1.54, 1.807) is 0 Å². The predicted molar refractivity (Wildman–Crippen MR) is 63.8 cm³/mol. The van der Waals surface area contributed by atoms with Crippen molar-refractivity contribution in [2.45, 2.75) is 6.42 Å². The minimum absolute atomic E-state index is 0. The Balaban J connectivity index is 0.00000169. The molecule has 1 rings (SSSR count). The lowest BCUT2D eigenvalue weighted by molar-refractivity contribution is 0.413. The first-order valence-corrected chi connectivity index (χ1v) is 4.58. The van der Waals surface area contributed by atoms with Crippen molar-refractivity contribution in [2.24, 2.45) is 0 Å². The molecule has 1 aromatic rings. The van der Waals surface area contributed by atoms with Gasteiger partial charge >= 0.3 is 0 Å². The summed E-state index contributed by atoms with van der Waals surface area (Å²) in [6.45, 7) is 4.85. The number of rotatable bonds is 4. The first-order chi connectivity index (χ1) is 6.22. The molecule has 2 heteroatoms. The molecule has 78 valence electrons. The summed E-state index contributed by atoms with van der Waals surface area (Å²) >= 11 is 0. The summed E-state index contributed by atoms with van der Waals surface area (Å²) in [6.07, 6.45) is 2.99. The van der Waals surface area contributed by atoms with Crippen molar-refractivity contribution in [2.75, 3.05) is 20.6 Å². The van der Waals surface area contributed by atoms with Crippen LogP contribution in [-0.4, -0.2) is 25.5 Å². The highest BCUT2D eigenvalue weighted by atomic mass is 15.0. The van der Waals surface area contributed by atoms with Crippen molar-refractivity contribution < 1.29 is 0 Å². The van der Waals surface area contributed by atoms with Crippen molar-refractivity contribution in [3.05, 3.63) is 42.0 Å². The fourth-order valence-corrected chi connectivity index (χ4v) is 1.23. The maximum atomic E-state index is 3.76. The lowest BCUT2D eigenvalue weighted by Crippen LogP contribution is -2.14. The topological polar surface area (TPSA) is 38.2 Å². The number of hydrogen-bond acceptors (Lipinski definition) is 2. The number of hydrogen-bond donors (Lipinski definition) is 1. The van der Waals surface area contributed by atoms with Crippen molar-refractivity contribution in [1.29, 1.82) is 0 Å². The van der Waals surface area contributed by atoms with E-state index >= 15 is 0 Å². The van der Waals surface area contributed by atoms with Gasteiger partial charge in [-0.1, -0.05) is 36.9 Å². The highest BCUT2D eigenvalue weighted by Gasteiger charge is 1.94. The molecule has 14 heavy (non-hydrogen) atoms. The Morgan fingerprint density at radius 2 is 2.07 bits per heavy atom. The van der Waals surface area contributed by atoms with Gasteiger partial charge < -0.3 is 11.1 Å². The second-order valence-electron chi connectivity index (χ2n) is 3.50. The zero-order chi connectivity index (χ0) is 9.68. The van der Waals surface area contributed by atoms with E-state index in [1.807, 2.05) is 6.08 Å². The van der Waals surface area contributed by atoms with E-state index in [-0.39, 0.29) is 6.15 Å². The molecule has 0 aliphatic rings. The minimum atomic E-state index is 0. The van der Waals surface area contributed by atoms with Gasteiger partial charge in [-0.3, -0.25) is 0 Å². The van der Waals surface area contributed by atoms with E-state index in [9.17, 15) is 0 Å². The van der Waals surface area contributed by atoms with Crippen molar-refractivity contribution >= 4 is 6.08 Å². The first kappa shape index (κ1) is 12.9. The molecular formula is C12H20N2. The van der Waals surface area contributed by atoms with Gasteiger partial charge in [-0.05, 0) is 31.6 Å². The van der Waals surface area contributed by atoms with E-state index < -0.39 is 0 Å². The van der Waals surface area contributed by atoms with Gasteiger partial charge in [-0.2, -0.15) is 0 Å². The third-order valence-corrected chi connectivity index (χ3v) is 2.03.